The van der Waals surface area contributed by atoms with Crippen LogP contribution >= 0.6 is 11.6 Å². The number of alkyl halides is 3. The van der Waals surface area contributed by atoms with Gasteiger partial charge in [-0.25, -0.2) is 19.9 Å². The summed E-state index contributed by atoms with van der Waals surface area (Å²) in [4.78, 5) is 22.9. The molecule has 4 aromatic rings. The van der Waals surface area contributed by atoms with Crippen molar-refractivity contribution in [2.75, 3.05) is 12.3 Å². The minimum atomic E-state index is -4.52. The van der Waals surface area contributed by atoms with Gasteiger partial charge >= 0.3 is 6.18 Å². The first-order chi connectivity index (χ1) is 21.3. The van der Waals surface area contributed by atoms with Crippen LogP contribution in [0, 0.1) is 5.92 Å². The molecule has 0 unspecified atom stereocenters. The van der Waals surface area contributed by atoms with Gasteiger partial charge in [-0.05, 0) is 65.0 Å². The summed E-state index contributed by atoms with van der Waals surface area (Å²) in [5.74, 6) is 0.692. The first-order valence-electron chi connectivity index (χ1n) is 15.2. The van der Waals surface area contributed by atoms with Crippen LogP contribution in [0.25, 0.3) is 22.2 Å². The Kier molecular flexibility index (Phi) is 7.51. The van der Waals surface area contributed by atoms with Crippen molar-refractivity contribution >= 4 is 39.6 Å². The van der Waals surface area contributed by atoms with E-state index in [0.717, 1.165) is 25.3 Å². The van der Waals surface area contributed by atoms with Crippen molar-refractivity contribution in [3.63, 3.8) is 0 Å². The molecule has 11 nitrogen and oxygen atoms in total. The molecule has 0 spiro atoms. The van der Waals surface area contributed by atoms with Gasteiger partial charge in [-0.2, -0.15) is 13.2 Å². The third-order valence-corrected chi connectivity index (χ3v) is 9.55. The Bertz CT molecular complexity index is 1720. The van der Waals surface area contributed by atoms with E-state index in [4.69, 9.17) is 31.5 Å². The number of fused-ring (bicyclic) bond motifs is 3. The normalized spacial score (nSPS) is 28.0. The van der Waals surface area contributed by atoms with Crippen LogP contribution in [0.1, 0.15) is 64.6 Å². The summed E-state index contributed by atoms with van der Waals surface area (Å²) in [6.45, 7) is 8.86. The average molecular weight is 649 g/mol. The predicted molar refractivity (Wildman–Crippen MR) is 160 cm³/mol. The summed E-state index contributed by atoms with van der Waals surface area (Å²) < 4.78 is 61.0. The summed E-state index contributed by atoms with van der Waals surface area (Å²) in [6, 6.07) is 2.96. The maximum atomic E-state index is 13.3. The van der Waals surface area contributed by atoms with Crippen molar-refractivity contribution < 1.29 is 27.4 Å². The van der Waals surface area contributed by atoms with Crippen molar-refractivity contribution in [2.45, 2.75) is 102 Å². The summed E-state index contributed by atoms with van der Waals surface area (Å²) in [7, 11) is 0. The molecular formula is C30H36ClF3N8O3. The number of hydrogen-bond acceptors (Lipinski definition) is 9. The lowest BCUT2D eigenvalue weighted by atomic mass is 9.76. The number of nitrogen functional groups attached to an aromatic ring is 1. The zero-order chi connectivity index (χ0) is 31.8. The number of nitrogens with one attached hydrogen (secondary N) is 1. The maximum Gasteiger partial charge on any atom is 0.417 e. The molecule has 1 aromatic carbocycles. The zero-order valence-corrected chi connectivity index (χ0v) is 26.1. The van der Waals surface area contributed by atoms with Gasteiger partial charge in [-0.15, -0.1) is 0 Å². The molecule has 1 saturated carbocycles. The standard InChI is InChI=1S/C30H36ClF3N8O3/c1-14(2)41(16-7-15(8-16)5-6-22-39-19-9-17(30(32,33)34)18(31)10-20(19)40-22)11-21-24-25(45-29(3,4)44-24)28(43-21)42-13-38-23-26(35)36-12-37-27(23)42/h9-10,12-16,21,24-25,28H,5-8,11H2,1-4H3,(H,39,40)(H2,35,36,37)/t15?,16?,21-,24-,25+,28-/m1/s1. The molecule has 0 amide bonds. The fourth-order valence-electron chi connectivity index (χ4n) is 7.04. The van der Waals surface area contributed by atoms with E-state index in [1.807, 2.05) is 18.4 Å². The third kappa shape index (κ3) is 5.64. The second kappa shape index (κ2) is 11.0. The van der Waals surface area contributed by atoms with Crippen molar-refractivity contribution in [3.05, 3.63) is 41.2 Å². The van der Waals surface area contributed by atoms with Crippen LogP contribution in [0.15, 0.2) is 24.8 Å². The minimum Gasteiger partial charge on any atom is -0.382 e. The number of hydrogen-bond donors (Lipinski definition) is 2. The van der Waals surface area contributed by atoms with Crippen LogP contribution in [0.3, 0.4) is 0 Å². The smallest absolute Gasteiger partial charge is 0.382 e. The zero-order valence-electron chi connectivity index (χ0n) is 25.4. The number of aryl methyl sites for hydroxylation is 1. The van der Waals surface area contributed by atoms with E-state index >= 15 is 0 Å². The lowest BCUT2D eigenvalue weighted by Crippen LogP contribution is -2.52. The van der Waals surface area contributed by atoms with E-state index in [9.17, 15) is 13.2 Å². The molecule has 7 rings (SSSR count). The van der Waals surface area contributed by atoms with Crippen LogP contribution in [0.4, 0.5) is 19.0 Å². The van der Waals surface area contributed by atoms with E-state index in [-0.39, 0.29) is 29.4 Å². The molecule has 0 bridgehead atoms. The summed E-state index contributed by atoms with van der Waals surface area (Å²) in [5.41, 5.74) is 7.05. The van der Waals surface area contributed by atoms with Crippen molar-refractivity contribution in [1.82, 2.24) is 34.4 Å². The SMILES string of the molecule is CC(C)N(C[C@H]1O[C@@H](n2cnc3c(N)ncnc32)[C@H]2OC(C)(C)O[C@@H]21)C1CC(CCc2nc3cc(Cl)c(C(F)(F)F)cc3[nH]2)C1. The van der Waals surface area contributed by atoms with Gasteiger partial charge in [0.2, 0.25) is 0 Å². The molecule has 45 heavy (non-hydrogen) atoms. The summed E-state index contributed by atoms with van der Waals surface area (Å²) in [6.07, 6.45) is 0.749. The average Bonchev–Trinajstić information content (AvgIpc) is 3.67. The molecule has 242 valence electrons. The van der Waals surface area contributed by atoms with Crippen molar-refractivity contribution in [3.8, 4) is 0 Å². The largest absolute Gasteiger partial charge is 0.417 e. The van der Waals surface area contributed by atoms with E-state index < -0.39 is 23.8 Å². The van der Waals surface area contributed by atoms with Gasteiger partial charge in [0, 0.05) is 25.0 Å². The second-order valence-electron chi connectivity index (χ2n) is 13.1. The van der Waals surface area contributed by atoms with E-state index in [1.165, 1.54) is 12.4 Å². The molecular weight excluding hydrogens is 613 g/mol. The van der Waals surface area contributed by atoms with Crippen LogP contribution in [0.2, 0.25) is 5.02 Å². The van der Waals surface area contributed by atoms with Gasteiger partial charge < -0.3 is 24.9 Å². The van der Waals surface area contributed by atoms with Gasteiger partial charge in [0.15, 0.2) is 23.5 Å². The van der Waals surface area contributed by atoms with Crippen LogP contribution < -0.4 is 5.73 Å². The molecule has 3 fully saturated rings. The highest BCUT2D eigenvalue weighted by atomic mass is 35.5. The topological polar surface area (TPSA) is 129 Å². The first-order valence-corrected chi connectivity index (χ1v) is 15.6. The molecule has 5 heterocycles. The molecule has 2 saturated heterocycles. The number of H-pyrrole nitrogens is 1. The molecule has 2 aliphatic heterocycles. The first kappa shape index (κ1) is 30.6. The highest BCUT2D eigenvalue weighted by Gasteiger charge is 2.57. The number of ether oxygens (including phenoxy) is 3. The number of imidazole rings is 2. The highest BCUT2D eigenvalue weighted by Crippen LogP contribution is 2.45. The Hall–Kier alpha value is -3.04. The maximum absolute atomic E-state index is 13.3. The van der Waals surface area contributed by atoms with Crippen LogP contribution in [-0.2, 0) is 26.8 Å². The van der Waals surface area contributed by atoms with Gasteiger partial charge in [-0.1, -0.05) is 11.6 Å². The molecule has 15 heteroatoms. The fourth-order valence-corrected chi connectivity index (χ4v) is 7.31. The van der Waals surface area contributed by atoms with Gasteiger partial charge in [0.05, 0.1) is 27.9 Å². The monoisotopic (exact) mass is 648 g/mol. The quantitative estimate of drug-likeness (QED) is 0.255. The van der Waals surface area contributed by atoms with E-state index in [1.54, 1.807) is 6.33 Å². The molecule has 3 aromatic heterocycles. The minimum absolute atomic E-state index is 0.246. The number of nitrogens with zero attached hydrogens (tertiary/aromatic N) is 6. The Balaban J connectivity index is 1.01. The van der Waals surface area contributed by atoms with Crippen molar-refractivity contribution in [2.24, 2.45) is 5.92 Å². The van der Waals surface area contributed by atoms with E-state index in [0.29, 0.717) is 58.8 Å². The molecule has 3 aliphatic rings. The van der Waals surface area contributed by atoms with Crippen molar-refractivity contribution in [1.29, 1.82) is 0 Å². The number of aromatic amines is 1. The lowest BCUT2D eigenvalue weighted by molar-refractivity contribution is -0.199. The summed E-state index contributed by atoms with van der Waals surface area (Å²) >= 11 is 5.88. The third-order valence-electron chi connectivity index (χ3n) is 9.23. The number of benzene rings is 1. The second-order valence-corrected chi connectivity index (χ2v) is 13.5. The lowest BCUT2D eigenvalue weighted by Gasteiger charge is -2.46. The number of aromatic nitrogens is 6. The number of halogens is 4. The van der Waals surface area contributed by atoms with E-state index in [2.05, 4.69) is 43.7 Å². The Morgan fingerprint density at radius 1 is 1.16 bits per heavy atom. The summed E-state index contributed by atoms with van der Waals surface area (Å²) in [5, 5.41) is -0.345. The van der Waals surface area contributed by atoms with Gasteiger partial charge in [0.25, 0.3) is 0 Å². The van der Waals surface area contributed by atoms with Crippen LogP contribution in [-0.4, -0.2) is 77.1 Å². The van der Waals surface area contributed by atoms with Crippen LogP contribution in [0.5, 0.6) is 0 Å². The molecule has 4 atom stereocenters. The molecule has 3 N–H and O–H groups in total. The Morgan fingerprint density at radius 3 is 2.64 bits per heavy atom. The molecule has 0 radical (unpaired) electrons. The fraction of sp³-hybridized carbons (Fsp3) is 0.600. The van der Waals surface area contributed by atoms with Gasteiger partial charge in [0.1, 0.15) is 36.0 Å². The number of anilines is 1. The van der Waals surface area contributed by atoms with Gasteiger partial charge in [-0.3, -0.25) is 9.47 Å². The number of nitrogens with two attached hydrogens (primary N) is 1. The predicted octanol–water partition coefficient (Wildman–Crippen LogP) is 5.50. The Morgan fingerprint density at radius 2 is 1.91 bits per heavy atom. The molecule has 1 aliphatic carbocycles. The highest BCUT2D eigenvalue weighted by molar-refractivity contribution is 6.32. The number of rotatable bonds is 8. The Labute approximate surface area is 262 Å².